The fourth-order valence-electron chi connectivity index (χ4n) is 3.65. The topological polar surface area (TPSA) is 63.0 Å². The quantitative estimate of drug-likeness (QED) is 0.836. The van der Waals surface area contributed by atoms with Crippen LogP contribution in [0.1, 0.15) is 51.0 Å². The maximum atomic E-state index is 4.43. The minimum atomic E-state index is 0.0423. The molecule has 2 aromatic rings. The molecule has 1 saturated heterocycles. The highest BCUT2D eigenvalue weighted by Crippen LogP contribution is 2.25. The number of aryl methyl sites for hydroxylation is 1. The van der Waals surface area contributed by atoms with Crippen LogP contribution < -0.4 is 4.90 Å². The number of hydrogen-bond donors (Lipinski definition) is 0. The van der Waals surface area contributed by atoms with Crippen LogP contribution in [0.25, 0.3) is 0 Å². The molecule has 2 aliphatic heterocycles. The van der Waals surface area contributed by atoms with Crippen molar-refractivity contribution in [3.63, 3.8) is 0 Å². The van der Waals surface area contributed by atoms with Gasteiger partial charge in [-0.3, -0.25) is 4.90 Å². The second-order valence-corrected chi connectivity index (χ2v) is 8.64. The monoisotopic (exact) mass is 355 g/mol. The smallest absolute Gasteiger partial charge is 0.151 e. The van der Waals surface area contributed by atoms with Crippen LogP contribution in [0.3, 0.4) is 0 Å². The van der Waals surface area contributed by atoms with Gasteiger partial charge < -0.3 is 9.47 Å². The summed E-state index contributed by atoms with van der Waals surface area (Å²) in [6.45, 7) is 10.4. The number of nitrogens with zero attached hydrogens (tertiary/aromatic N) is 7. The maximum Gasteiger partial charge on any atom is 0.151 e. The van der Waals surface area contributed by atoms with Gasteiger partial charge in [0.2, 0.25) is 0 Å². The Morgan fingerprint density at radius 1 is 1.08 bits per heavy atom. The number of anilines is 1. The summed E-state index contributed by atoms with van der Waals surface area (Å²) in [4.78, 5) is 4.68. The normalized spacial score (nSPS) is 18.1. The van der Waals surface area contributed by atoms with E-state index in [9.17, 15) is 0 Å². The summed E-state index contributed by atoms with van der Waals surface area (Å²) < 4.78 is 2.31. The standard InChI is InChI=1S/C19H29N7/c1-19(2,3)15-8-9-16(21-20-15)25-11-14(12-25)24(4)13-18-23-22-17-7-5-6-10-26(17)18/h8-9,14H,5-7,10-13H2,1-4H3. The first-order valence-electron chi connectivity index (χ1n) is 9.62. The van der Waals surface area contributed by atoms with Crippen LogP contribution in [-0.4, -0.2) is 56.0 Å². The van der Waals surface area contributed by atoms with Gasteiger partial charge in [-0.2, -0.15) is 5.10 Å². The molecule has 26 heavy (non-hydrogen) atoms. The molecule has 7 heteroatoms. The van der Waals surface area contributed by atoms with Crippen molar-refractivity contribution < 1.29 is 0 Å². The highest BCUT2D eigenvalue weighted by molar-refractivity contribution is 5.42. The number of aromatic nitrogens is 5. The zero-order chi connectivity index (χ0) is 18.3. The molecule has 0 N–H and O–H groups in total. The molecule has 0 aromatic carbocycles. The second-order valence-electron chi connectivity index (χ2n) is 8.64. The van der Waals surface area contributed by atoms with E-state index in [1.54, 1.807) is 0 Å². The molecule has 2 aromatic heterocycles. The molecular weight excluding hydrogens is 326 g/mol. The van der Waals surface area contributed by atoms with Crippen LogP contribution in [0.2, 0.25) is 0 Å². The zero-order valence-corrected chi connectivity index (χ0v) is 16.3. The van der Waals surface area contributed by atoms with Crippen LogP contribution in [0.5, 0.6) is 0 Å². The van der Waals surface area contributed by atoms with Gasteiger partial charge in [-0.25, -0.2) is 0 Å². The van der Waals surface area contributed by atoms with Gasteiger partial charge >= 0.3 is 0 Å². The maximum absolute atomic E-state index is 4.43. The van der Waals surface area contributed by atoms with Crippen LogP contribution in [0.15, 0.2) is 12.1 Å². The lowest BCUT2D eigenvalue weighted by atomic mass is 9.92. The largest absolute Gasteiger partial charge is 0.352 e. The van der Waals surface area contributed by atoms with Gasteiger partial charge in [-0.1, -0.05) is 20.8 Å². The Morgan fingerprint density at radius 2 is 1.88 bits per heavy atom. The van der Waals surface area contributed by atoms with E-state index in [-0.39, 0.29) is 5.41 Å². The van der Waals surface area contributed by atoms with Crippen molar-refractivity contribution in [2.75, 3.05) is 25.0 Å². The summed E-state index contributed by atoms with van der Waals surface area (Å²) in [6, 6.07) is 4.72. The number of hydrogen-bond acceptors (Lipinski definition) is 6. The highest BCUT2D eigenvalue weighted by atomic mass is 15.4. The molecule has 0 amide bonds. The van der Waals surface area contributed by atoms with Crippen molar-refractivity contribution in [1.29, 1.82) is 0 Å². The van der Waals surface area contributed by atoms with Crippen molar-refractivity contribution >= 4 is 5.82 Å². The van der Waals surface area contributed by atoms with E-state index in [1.807, 2.05) is 0 Å². The molecule has 0 aliphatic carbocycles. The minimum absolute atomic E-state index is 0.0423. The lowest BCUT2D eigenvalue weighted by molar-refractivity contribution is 0.189. The molecule has 2 aliphatic rings. The van der Waals surface area contributed by atoms with Crippen molar-refractivity contribution in [2.45, 2.75) is 64.6 Å². The van der Waals surface area contributed by atoms with E-state index in [2.05, 4.69) is 74.7 Å². The van der Waals surface area contributed by atoms with E-state index < -0.39 is 0 Å². The summed E-state index contributed by atoms with van der Waals surface area (Å²) in [6.07, 6.45) is 3.54. The average Bonchev–Trinajstić information content (AvgIpc) is 2.96. The molecule has 4 heterocycles. The molecule has 4 rings (SSSR count). The molecule has 1 fully saturated rings. The molecule has 0 radical (unpaired) electrons. The molecule has 140 valence electrons. The summed E-state index contributed by atoms with van der Waals surface area (Å²) >= 11 is 0. The van der Waals surface area contributed by atoms with Gasteiger partial charge in [0.05, 0.1) is 12.2 Å². The molecular formula is C19H29N7. The van der Waals surface area contributed by atoms with Gasteiger partial charge in [-0.15, -0.1) is 15.3 Å². The third kappa shape index (κ3) is 3.32. The number of rotatable bonds is 4. The first-order chi connectivity index (χ1) is 12.4. The van der Waals surface area contributed by atoms with Crippen molar-refractivity contribution in [2.24, 2.45) is 0 Å². The molecule has 0 unspecified atom stereocenters. The molecule has 0 spiro atoms. The van der Waals surface area contributed by atoms with Crippen molar-refractivity contribution in [3.8, 4) is 0 Å². The Labute approximate surface area is 155 Å². The zero-order valence-electron chi connectivity index (χ0n) is 16.3. The van der Waals surface area contributed by atoms with E-state index in [1.165, 1.54) is 12.8 Å². The van der Waals surface area contributed by atoms with Crippen molar-refractivity contribution in [1.82, 2.24) is 29.9 Å². The Hall–Kier alpha value is -2.02. The van der Waals surface area contributed by atoms with Crippen molar-refractivity contribution in [3.05, 3.63) is 29.5 Å². The van der Waals surface area contributed by atoms with Gasteiger partial charge in [0, 0.05) is 37.5 Å². The van der Waals surface area contributed by atoms with Crippen LogP contribution in [-0.2, 0) is 24.9 Å². The van der Waals surface area contributed by atoms with Crippen LogP contribution in [0, 0.1) is 0 Å². The Bertz CT molecular complexity index is 753. The fraction of sp³-hybridized carbons (Fsp3) is 0.684. The second kappa shape index (κ2) is 6.61. The third-order valence-electron chi connectivity index (χ3n) is 5.56. The van der Waals surface area contributed by atoms with E-state index >= 15 is 0 Å². The molecule has 0 atom stereocenters. The van der Waals surface area contributed by atoms with Gasteiger partial charge in [0.15, 0.2) is 5.82 Å². The Kier molecular flexibility index (Phi) is 4.42. The minimum Gasteiger partial charge on any atom is -0.352 e. The fourth-order valence-corrected chi connectivity index (χ4v) is 3.65. The summed E-state index contributed by atoms with van der Waals surface area (Å²) in [5.41, 5.74) is 1.08. The Balaban J connectivity index is 1.33. The predicted octanol–water partition coefficient (Wildman–Crippen LogP) is 2.02. The average molecular weight is 355 g/mol. The molecule has 7 nitrogen and oxygen atoms in total. The van der Waals surface area contributed by atoms with Gasteiger partial charge in [0.1, 0.15) is 11.6 Å². The van der Waals surface area contributed by atoms with Gasteiger partial charge in [-0.05, 0) is 32.0 Å². The summed E-state index contributed by atoms with van der Waals surface area (Å²) in [5, 5.41) is 17.6. The third-order valence-corrected chi connectivity index (χ3v) is 5.56. The first kappa shape index (κ1) is 17.4. The van der Waals surface area contributed by atoms with E-state index in [0.29, 0.717) is 6.04 Å². The van der Waals surface area contributed by atoms with Gasteiger partial charge in [0.25, 0.3) is 0 Å². The van der Waals surface area contributed by atoms with E-state index in [4.69, 9.17) is 0 Å². The number of likely N-dealkylation sites (N-methyl/N-ethyl adjacent to an activating group) is 1. The SMILES string of the molecule is CN(Cc1nnc2n1CCCC2)C1CN(c2ccc(C(C)(C)C)nn2)C1. The van der Waals surface area contributed by atoms with Crippen LogP contribution >= 0.6 is 0 Å². The van der Waals surface area contributed by atoms with Crippen LogP contribution in [0.4, 0.5) is 5.82 Å². The summed E-state index contributed by atoms with van der Waals surface area (Å²) in [5.74, 6) is 3.24. The van der Waals surface area contributed by atoms with E-state index in [0.717, 1.165) is 55.8 Å². The number of fused-ring (bicyclic) bond motifs is 1. The highest BCUT2D eigenvalue weighted by Gasteiger charge is 2.32. The predicted molar refractivity (Wildman–Crippen MR) is 101 cm³/mol. The lowest BCUT2D eigenvalue weighted by Gasteiger charge is -2.44. The first-order valence-corrected chi connectivity index (χ1v) is 9.62. The summed E-state index contributed by atoms with van der Waals surface area (Å²) in [7, 11) is 2.18. The molecule has 0 bridgehead atoms. The molecule has 0 saturated carbocycles. The Morgan fingerprint density at radius 3 is 2.58 bits per heavy atom. The lowest BCUT2D eigenvalue weighted by Crippen LogP contribution is -2.58.